The number of alkyl carbamates (subject to hydrolysis) is 1. The van der Waals surface area contributed by atoms with Crippen molar-refractivity contribution >= 4 is 36.5 Å². The van der Waals surface area contributed by atoms with Gasteiger partial charge in [-0.1, -0.05) is 5.92 Å². The number of amides is 1. The number of carbonyl (C=O) groups excluding carboxylic acids is 1. The number of rotatable bonds is 6. The predicted octanol–water partition coefficient (Wildman–Crippen LogP) is 4.35. The van der Waals surface area contributed by atoms with Crippen LogP contribution in [-0.2, 0) is 22.9 Å². The van der Waals surface area contributed by atoms with E-state index in [-0.39, 0.29) is 0 Å². The first-order valence-corrected chi connectivity index (χ1v) is 10.1. The van der Waals surface area contributed by atoms with Gasteiger partial charge < -0.3 is 10.1 Å². The van der Waals surface area contributed by atoms with Gasteiger partial charge in [-0.25, -0.2) is 13.9 Å². The number of ether oxygens (including phenoxy) is 1. The minimum Gasteiger partial charge on any atom is -0.422 e. The molecule has 9 heteroatoms. The molecule has 1 amide bonds. The van der Waals surface area contributed by atoms with Crippen molar-refractivity contribution in [3.05, 3.63) is 0 Å². The largest absolute Gasteiger partial charge is 0.478 e. The normalized spacial score (nSPS) is 16.8. The van der Waals surface area contributed by atoms with Gasteiger partial charge in [0.25, 0.3) is 0 Å². The van der Waals surface area contributed by atoms with Crippen LogP contribution in [0, 0.1) is 9.85 Å². The van der Waals surface area contributed by atoms with Crippen LogP contribution in [0.2, 0.25) is 0 Å². The minimum absolute atomic E-state index is 0.508. The van der Waals surface area contributed by atoms with Gasteiger partial charge in [0.15, 0.2) is 0 Å². The van der Waals surface area contributed by atoms with E-state index in [9.17, 15) is 9.36 Å². The van der Waals surface area contributed by atoms with Crippen LogP contribution in [-0.4, -0.2) is 29.6 Å². The standard InChI is InChI=1S/C15H25INO6P/c1-13(2,3)22-24(19,23-14(4,5)6)21-11-20-12(18)17-15(7-8-15)9-10-16/h7-8,11H2,1-6H3,(H,17,18). The third kappa shape index (κ3) is 8.67. The Hall–Kier alpha value is -0.330. The average Bonchev–Trinajstić information content (AvgIpc) is 3.03. The fraction of sp³-hybridized carbons (Fsp3) is 0.800. The Morgan fingerprint density at radius 3 is 2.04 bits per heavy atom. The SMILES string of the molecule is CC(C)(C)OP(=O)(OCOC(=O)NC1(C#CI)CC1)OC(C)(C)C. The van der Waals surface area contributed by atoms with E-state index in [1.165, 1.54) is 0 Å². The summed E-state index contributed by atoms with van der Waals surface area (Å²) in [6, 6.07) is 0. The molecule has 0 aromatic heterocycles. The summed E-state index contributed by atoms with van der Waals surface area (Å²) in [6.07, 6.45) is 0.861. The van der Waals surface area contributed by atoms with Gasteiger partial charge in [0.2, 0.25) is 6.79 Å². The van der Waals surface area contributed by atoms with Gasteiger partial charge in [-0.2, -0.15) is 0 Å². The maximum Gasteiger partial charge on any atom is 0.478 e. The molecule has 7 nitrogen and oxygen atoms in total. The summed E-state index contributed by atoms with van der Waals surface area (Å²) in [5.41, 5.74) is -2.01. The Morgan fingerprint density at radius 2 is 1.67 bits per heavy atom. The number of nitrogens with one attached hydrogen (secondary N) is 1. The molecule has 1 fully saturated rings. The molecule has 1 aliphatic rings. The van der Waals surface area contributed by atoms with Gasteiger partial charge >= 0.3 is 13.9 Å². The number of halogens is 1. The van der Waals surface area contributed by atoms with Crippen molar-refractivity contribution in [2.75, 3.05) is 6.79 Å². The molecule has 1 saturated carbocycles. The average molecular weight is 473 g/mol. The van der Waals surface area contributed by atoms with Crippen molar-refractivity contribution in [1.82, 2.24) is 5.32 Å². The maximum absolute atomic E-state index is 12.7. The molecule has 0 spiro atoms. The van der Waals surface area contributed by atoms with Gasteiger partial charge in [-0.3, -0.25) is 9.05 Å². The van der Waals surface area contributed by atoms with Crippen molar-refractivity contribution in [3.63, 3.8) is 0 Å². The molecule has 0 aliphatic heterocycles. The summed E-state index contributed by atoms with van der Waals surface area (Å²) in [4.78, 5) is 11.8. The van der Waals surface area contributed by atoms with Gasteiger partial charge in [-0.15, -0.1) is 0 Å². The molecular formula is C15H25INO6P. The fourth-order valence-corrected chi connectivity index (χ4v) is 3.80. The number of hydrogen-bond acceptors (Lipinski definition) is 6. The molecule has 138 valence electrons. The summed E-state index contributed by atoms with van der Waals surface area (Å²) >= 11 is 1.92. The molecule has 0 aromatic rings. The van der Waals surface area contributed by atoms with E-state index in [1.54, 1.807) is 41.5 Å². The molecule has 0 aromatic carbocycles. The first-order chi connectivity index (χ1) is 10.8. The van der Waals surface area contributed by atoms with E-state index in [2.05, 4.69) is 15.2 Å². The smallest absolute Gasteiger partial charge is 0.422 e. The topological polar surface area (TPSA) is 83.1 Å². The van der Waals surface area contributed by atoms with Gasteiger partial charge in [0.05, 0.1) is 11.2 Å². The summed E-state index contributed by atoms with van der Waals surface area (Å²) in [5, 5.41) is 2.66. The monoisotopic (exact) mass is 473 g/mol. The number of phosphoric ester groups is 1. The third-order valence-corrected chi connectivity index (χ3v) is 4.78. The quantitative estimate of drug-likeness (QED) is 0.267. The van der Waals surface area contributed by atoms with Gasteiger partial charge in [-0.05, 0) is 58.3 Å². The highest BCUT2D eigenvalue weighted by Crippen LogP contribution is 2.55. The molecule has 24 heavy (non-hydrogen) atoms. The lowest BCUT2D eigenvalue weighted by atomic mass is 10.2. The second-order valence-corrected chi connectivity index (χ2v) is 9.52. The number of hydrogen-bond donors (Lipinski definition) is 1. The molecule has 1 aliphatic carbocycles. The molecule has 0 bridgehead atoms. The first kappa shape index (κ1) is 21.7. The molecule has 0 unspecified atom stereocenters. The van der Waals surface area contributed by atoms with E-state index < -0.39 is 37.4 Å². The molecule has 0 saturated heterocycles. The predicted molar refractivity (Wildman–Crippen MR) is 98.6 cm³/mol. The third-order valence-electron chi connectivity index (χ3n) is 2.55. The second kappa shape index (κ2) is 7.92. The molecule has 0 radical (unpaired) electrons. The zero-order valence-electron chi connectivity index (χ0n) is 14.9. The zero-order valence-corrected chi connectivity index (χ0v) is 17.9. The van der Waals surface area contributed by atoms with Crippen LogP contribution in [0.1, 0.15) is 54.4 Å². The van der Waals surface area contributed by atoms with Crippen molar-refractivity contribution < 1.29 is 27.7 Å². The van der Waals surface area contributed by atoms with Crippen LogP contribution in [0.4, 0.5) is 4.79 Å². The zero-order chi connectivity index (χ0) is 18.6. The molecule has 1 N–H and O–H groups in total. The number of carbonyl (C=O) groups is 1. The van der Waals surface area contributed by atoms with Crippen LogP contribution in [0.15, 0.2) is 0 Å². The van der Waals surface area contributed by atoms with Crippen molar-refractivity contribution in [3.8, 4) is 9.85 Å². The van der Waals surface area contributed by atoms with Crippen LogP contribution in [0.5, 0.6) is 0 Å². The highest BCUT2D eigenvalue weighted by atomic mass is 127. The summed E-state index contributed by atoms with van der Waals surface area (Å²) < 4.78 is 36.3. The van der Waals surface area contributed by atoms with Gasteiger partial charge in [0.1, 0.15) is 5.54 Å². The van der Waals surface area contributed by atoms with Crippen LogP contribution >= 0.6 is 30.4 Å². The van der Waals surface area contributed by atoms with Crippen molar-refractivity contribution in [2.24, 2.45) is 0 Å². The van der Waals surface area contributed by atoms with E-state index in [0.717, 1.165) is 12.8 Å². The van der Waals surface area contributed by atoms with Crippen LogP contribution < -0.4 is 5.32 Å². The van der Waals surface area contributed by atoms with Crippen molar-refractivity contribution in [2.45, 2.75) is 71.1 Å². The summed E-state index contributed by atoms with van der Waals surface area (Å²) in [6.45, 7) is 9.79. The first-order valence-electron chi connectivity index (χ1n) is 7.52. The van der Waals surface area contributed by atoms with Crippen molar-refractivity contribution in [1.29, 1.82) is 0 Å². The lowest BCUT2D eigenvalue weighted by Gasteiger charge is -2.30. The Labute approximate surface area is 157 Å². The Kier molecular flexibility index (Phi) is 7.16. The van der Waals surface area contributed by atoms with E-state index in [4.69, 9.17) is 18.3 Å². The van der Waals surface area contributed by atoms with E-state index >= 15 is 0 Å². The van der Waals surface area contributed by atoms with Crippen LogP contribution in [0.3, 0.4) is 0 Å². The summed E-state index contributed by atoms with van der Waals surface area (Å²) in [7, 11) is -3.90. The van der Waals surface area contributed by atoms with E-state index in [0.29, 0.717) is 0 Å². The molecular weight excluding hydrogens is 448 g/mol. The Balaban J connectivity index is 2.57. The second-order valence-electron chi connectivity index (χ2n) is 7.46. The van der Waals surface area contributed by atoms with E-state index in [1.807, 2.05) is 22.6 Å². The summed E-state index contributed by atoms with van der Waals surface area (Å²) in [5.74, 6) is 2.91. The number of phosphoric acid groups is 1. The Bertz CT molecular complexity index is 545. The highest BCUT2D eigenvalue weighted by Gasteiger charge is 2.43. The highest BCUT2D eigenvalue weighted by molar-refractivity contribution is 14.1. The lowest BCUT2D eigenvalue weighted by Crippen LogP contribution is -2.36. The maximum atomic E-state index is 12.7. The molecule has 0 heterocycles. The van der Waals surface area contributed by atoms with Crippen LogP contribution in [0.25, 0.3) is 0 Å². The van der Waals surface area contributed by atoms with Gasteiger partial charge in [0, 0.05) is 22.6 Å². The lowest BCUT2D eigenvalue weighted by molar-refractivity contribution is -0.0287. The fourth-order valence-electron chi connectivity index (χ4n) is 1.61. The molecule has 0 atom stereocenters. The Morgan fingerprint density at radius 1 is 1.17 bits per heavy atom. The molecule has 1 rings (SSSR count). The minimum atomic E-state index is -3.90.